The number of benzene rings is 1. The summed E-state index contributed by atoms with van der Waals surface area (Å²) in [5.41, 5.74) is 8.52. The number of hydrogen-bond donors (Lipinski definition) is 1. The molecule has 0 spiro atoms. The zero-order chi connectivity index (χ0) is 15.1. The van der Waals surface area contributed by atoms with Crippen LogP contribution >= 0.6 is 0 Å². The lowest BCUT2D eigenvalue weighted by molar-refractivity contribution is 0.153. The van der Waals surface area contributed by atoms with Crippen LogP contribution in [0.2, 0.25) is 0 Å². The lowest BCUT2D eigenvalue weighted by Gasteiger charge is -2.34. The van der Waals surface area contributed by atoms with Gasteiger partial charge in [0.25, 0.3) is 0 Å². The van der Waals surface area contributed by atoms with Gasteiger partial charge in [0.05, 0.1) is 0 Å². The molecule has 1 heterocycles. The maximum absolute atomic E-state index is 5.85. The van der Waals surface area contributed by atoms with Gasteiger partial charge < -0.3 is 10.6 Å². The summed E-state index contributed by atoms with van der Waals surface area (Å²) in [6, 6.07) is 9.35. The molecule has 118 valence electrons. The maximum atomic E-state index is 5.85. The highest BCUT2D eigenvalue weighted by Crippen LogP contribution is 2.19. The first kappa shape index (κ1) is 16.5. The summed E-state index contributed by atoms with van der Waals surface area (Å²) >= 11 is 0. The molecule has 1 fully saturated rings. The Morgan fingerprint density at radius 2 is 2.00 bits per heavy atom. The first-order valence-corrected chi connectivity index (χ1v) is 8.44. The van der Waals surface area contributed by atoms with Crippen molar-refractivity contribution in [3.05, 3.63) is 35.4 Å². The molecule has 0 aliphatic carbocycles. The van der Waals surface area contributed by atoms with Crippen molar-refractivity contribution in [2.24, 2.45) is 5.73 Å². The standard InChI is InChI=1S/C18H31N3/c1-3-21(13-11-18-10-6-7-12-20(18)2)15-17-9-5-4-8-16(17)14-19/h4-5,8-9,18H,3,6-7,10-15,19H2,1-2H3. The van der Waals surface area contributed by atoms with E-state index in [2.05, 4.69) is 48.0 Å². The van der Waals surface area contributed by atoms with Gasteiger partial charge in [0.2, 0.25) is 0 Å². The van der Waals surface area contributed by atoms with Crippen LogP contribution in [0.4, 0.5) is 0 Å². The average molecular weight is 289 g/mol. The Kier molecular flexibility index (Phi) is 6.68. The first-order valence-electron chi connectivity index (χ1n) is 8.44. The number of likely N-dealkylation sites (tertiary alicyclic amines) is 1. The molecule has 21 heavy (non-hydrogen) atoms. The topological polar surface area (TPSA) is 32.5 Å². The van der Waals surface area contributed by atoms with Crippen LogP contribution in [0.5, 0.6) is 0 Å². The van der Waals surface area contributed by atoms with E-state index in [1.54, 1.807) is 0 Å². The van der Waals surface area contributed by atoms with Gasteiger partial charge in [0.1, 0.15) is 0 Å². The summed E-state index contributed by atoms with van der Waals surface area (Å²) in [6.07, 6.45) is 5.42. The molecule has 0 saturated carbocycles. The van der Waals surface area contributed by atoms with E-state index in [1.165, 1.54) is 49.9 Å². The van der Waals surface area contributed by atoms with Crippen molar-refractivity contribution in [1.82, 2.24) is 9.80 Å². The minimum atomic E-state index is 0.638. The fraction of sp³-hybridized carbons (Fsp3) is 0.667. The van der Waals surface area contributed by atoms with Gasteiger partial charge in [-0.25, -0.2) is 0 Å². The van der Waals surface area contributed by atoms with Gasteiger partial charge >= 0.3 is 0 Å². The summed E-state index contributed by atoms with van der Waals surface area (Å²) in [6.45, 7) is 7.49. The second kappa shape index (κ2) is 8.52. The molecular formula is C18H31N3. The van der Waals surface area contributed by atoms with Gasteiger partial charge in [0, 0.05) is 19.1 Å². The summed E-state index contributed by atoms with van der Waals surface area (Å²) in [5.74, 6) is 0. The van der Waals surface area contributed by atoms with Crippen molar-refractivity contribution < 1.29 is 0 Å². The molecule has 2 rings (SSSR count). The van der Waals surface area contributed by atoms with Gasteiger partial charge in [-0.2, -0.15) is 0 Å². The average Bonchev–Trinajstić information content (AvgIpc) is 2.53. The van der Waals surface area contributed by atoms with E-state index in [4.69, 9.17) is 5.73 Å². The highest BCUT2D eigenvalue weighted by atomic mass is 15.2. The number of rotatable bonds is 7. The number of hydrogen-bond acceptors (Lipinski definition) is 3. The number of nitrogens with zero attached hydrogens (tertiary/aromatic N) is 2. The molecule has 1 aromatic carbocycles. The second-order valence-electron chi connectivity index (χ2n) is 6.26. The predicted octanol–water partition coefficient (Wildman–Crippen LogP) is 2.84. The molecule has 0 amide bonds. The molecular weight excluding hydrogens is 258 g/mol. The molecule has 0 bridgehead atoms. The van der Waals surface area contributed by atoms with E-state index in [0.29, 0.717) is 6.54 Å². The summed E-state index contributed by atoms with van der Waals surface area (Å²) in [5, 5.41) is 0. The molecule has 1 atom stereocenters. The Morgan fingerprint density at radius 3 is 2.67 bits per heavy atom. The van der Waals surface area contributed by atoms with Crippen LogP contribution in [0.25, 0.3) is 0 Å². The summed E-state index contributed by atoms with van der Waals surface area (Å²) < 4.78 is 0. The van der Waals surface area contributed by atoms with Crippen molar-refractivity contribution in [3.8, 4) is 0 Å². The van der Waals surface area contributed by atoms with Crippen LogP contribution in [0.1, 0.15) is 43.7 Å². The molecule has 3 heteroatoms. The zero-order valence-corrected chi connectivity index (χ0v) is 13.7. The quantitative estimate of drug-likeness (QED) is 0.838. The fourth-order valence-electron chi connectivity index (χ4n) is 3.34. The Labute approximate surface area is 130 Å². The van der Waals surface area contributed by atoms with Crippen LogP contribution in [-0.4, -0.2) is 42.5 Å². The van der Waals surface area contributed by atoms with Gasteiger partial charge in [0.15, 0.2) is 0 Å². The minimum Gasteiger partial charge on any atom is -0.326 e. The molecule has 0 aromatic heterocycles. The molecule has 2 N–H and O–H groups in total. The Bertz CT molecular complexity index is 419. The van der Waals surface area contributed by atoms with Crippen LogP contribution in [0, 0.1) is 0 Å². The molecule has 3 nitrogen and oxygen atoms in total. The maximum Gasteiger partial charge on any atom is 0.0236 e. The molecule has 1 saturated heterocycles. The lowest BCUT2D eigenvalue weighted by Crippen LogP contribution is -2.39. The monoisotopic (exact) mass is 289 g/mol. The Balaban J connectivity index is 1.88. The predicted molar refractivity (Wildman–Crippen MR) is 90.2 cm³/mol. The van der Waals surface area contributed by atoms with Crippen molar-refractivity contribution in [2.75, 3.05) is 26.7 Å². The number of piperidine rings is 1. The van der Waals surface area contributed by atoms with Crippen LogP contribution < -0.4 is 5.73 Å². The Hall–Kier alpha value is -0.900. The van der Waals surface area contributed by atoms with Crippen LogP contribution in [0.3, 0.4) is 0 Å². The number of nitrogens with two attached hydrogens (primary N) is 1. The molecule has 1 aromatic rings. The van der Waals surface area contributed by atoms with Crippen molar-refractivity contribution >= 4 is 0 Å². The third-order valence-electron chi connectivity index (χ3n) is 4.88. The minimum absolute atomic E-state index is 0.638. The lowest BCUT2D eigenvalue weighted by atomic mass is 9.99. The smallest absolute Gasteiger partial charge is 0.0236 e. The largest absolute Gasteiger partial charge is 0.326 e. The van der Waals surface area contributed by atoms with E-state index in [1.807, 2.05) is 0 Å². The third kappa shape index (κ3) is 4.80. The van der Waals surface area contributed by atoms with E-state index in [-0.39, 0.29) is 0 Å². The van der Waals surface area contributed by atoms with Crippen LogP contribution in [-0.2, 0) is 13.1 Å². The molecule has 0 radical (unpaired) electrons. The van der Waals surface area contributed by atoms with Gasteiger partial charge in [-0.15, -0.1) is 0 Å². The zero-order valence-electron chi connectivity index (χ0n) is 13.7. The van der Waals surface area contributed by atoms with Gasteiger partial charge in [-0.05, 0) is 57.1 Å². The first-order chi connectivity index (χ1) is 10.2. The van der Waals surface area contributed by atoms with Gasteiger partial charge in [-0.1, -0.05) is 37.6 Å². The van der Waals surface area contributed by atoms with Crippen molar-refractivity contribution in [3.63, 3.8) is 0 Å². The summed E-state index contributed by atoms with van der Waals surface area (Å²) in [7, 11) is 2.28. The van der Waals surface area contributed by atoms with E-state index < -0.39 is 0 Å². The van der Waals surface area contributed by atoms with Crippen molar-refractivity contribution in [1.29, 1.82) is 0 Å². The van der Waals surface area contributed by atoms with Gasteiger partial charge in [-0.3, -0.25) is 4.90 Å². The summed E-state index contributed by atoms with van der Waals surface area (Å²) in [4.78, 5) is 5.10. The third-order valence-corrected chi connectivity index (χ3v) is 4.88. The highest BCUT2D eigenvalue weighted by Gasteiger charge is 2.19. The van der Waals surface area contributed by atoms with E-state index >= 15 is 0 Å². The van der Waals surface area contributed by atoms with E-state index in [0.717, 1.165) is 19.1 Å². The highest BCUT2D eigenvalue weighted by molar-refractivity contribution is 5.26. The SMILES string of the molecule is CCN(CCC1CCCCN1C)Cc1ccccc1CN. The molecule has 1 unspecified atom stereocenters. The molecule has 1 aliphatic rings. The van der Waals surface area contributed by atoms with E-state index in [9.17, 15) is 0 Å². The second-order valence-corrected chi connectivity index (χ2v) is 6.26. The normalized spacial score (nSPS) is 20.1. The van der Waals surface area contributed by atoms with Crippen LogP contribution in [0.15, 0.2) is 24.3 Å². The Morgan fingerprint density at radius 1 is 1.24 bits per heavy atom. The fourth-order valence-corrected chi connectivity index (χ4v) is 3.34. The van der Waals surface area contributed by atoms with Crippen molar-refractivity contribution in [2.45, 2.75) is 51.7 Å². The molecule has 1 aliphatic heterocycles.